The van der Waals surface area contributed by atoms with E-state index in [-0.39, 0.29) is 6.61 Å². The summed E-state index contributed by atoms with van der Waals surface area (Å²) < 4.78 is 4.72. The van der Waals surface area contributed by atoms with Crippen molar-refractivity contribution in [1.82, 2.24) is 9.97 Å². The zero-order valence-electron chi connectivity index (χ0n) is 13.9. The molecule has 0 aliphatic heterocycles. The van der Waals surface area contributed by atoms with E-state index in [4.69, 9.17) is 4.74 Å². The Labute approximate surface area is 145 Å². The molecule has 0 fully saturated rings. The van der Waals surface area contributed by atoms with Crippen LogP contribution in [-0.4, -0.2) is 33.8 Å². The van der Waals surface area contributed by atoms with Gasteiger partial charge in [0.1, 0.15) is 17.3 Å². The van der Waals surface area contributed by atoms with Crippen LogP contribution in [0.3, 0.4) is 0 Å². The SMILES string of the molecule is CN=C(SC(C)C)c1ccnc(Nc2ccc(COC=O)cc2)n1. The molecule has 7 heteroatoms. The quantitative estimate of drug-likeness (QED) is 0.471. The Balaban J connectivity index is 2.10. The fourth-order valence-electron chi connectivity index (χ4n) is 1.93. The van der Waals surface area contributed by atoms with Crippen molar-refractivity contribution in [2.75, 3.05) is 12.4 Å². The fourth-order valence-corrected chi connectivity index (χ4v) is 2.72. The third-order valence-corrected chi connectivity index (χ3v) is 4.04. The highest BCUT2D eigenvalue weighted by Gasteiger charge is 2.09. The van der Waals surface area contributed by atoms with Crippen LogP contribution in [0.25, 0.3) is 0 Å². The normalized spacial score (nSPS) is 11.4. The smallest absolute Gasteiger partial charge is 0.293 e. The van der Waals surface area contributed by atoms with Crippen molar-refractivity contribution >= 4 is 34.9 Å². The average molecular weight is 344 g/mol. The second-order valence-electron chi connectivity index (χ2n) is 5.19. The molecule has 6 nitrogen and oxygen atoms in total. The molecular weight excluding hydrogens is 324 g/mol. The van der Waals surface area contributed by atoms with E-state index in [1.54, 1.807) is 25.0 Å². The molecule has 126 valence electrons. The summed E-state index contributed by atoms with van der Waals surface area (Å²) in [5, 5.41) is 4.48. The van der Waals surface area contributed by atoms with Gasteiger partial charge in [-0.25, -0.2) is 9.97 Å². The lowest BCUT2D eigenvalue weighted by atomic mass is 10.2. The predicted molar refractivity (Wildman–Crippen MR) is 97.8 cm³/mol. The van der Waals surface area contributed by atoms with E-state index in [1.807, 2.05) is 30.3 Å². The van der Waals surface area contributed by atoms with Gasteiger partial charge in [0.2, 0.25) is 5.95 Å². The molecule has 1 aromatic heterocycles. The van der Waals surface area contributed by atoms with Gasteiger partial charge in [-0.2, -0.15) is 0 Å². The molecule has 0 bridgehead atoms. The lowest BCUT2D eigenvalue weighted by Crippen LogP contribution is -2.06. The maximum atomic E-state index is 10.2. The van der Waals surface area contributed by atoms with Crippen molar-refractivity contribution in [2.45, 2.75) is 25.7 Å². The van der Waals surface area contributed by atoms with Crippen LogP contribution in [0.2, 0.25) is 0 Å². The third-order valence-electron chi connectivity index (χ3n) is 2.95. The standard InChI is InChI=1S/C17H20N4O2S/c1-12(2)24-16(18-3)15-8-9-19-17(21-15)20-14-6-4-13(5-7-14)10-23-11-22/h4-9,11-12H,10H2,1-3H3,(H,19,20,21). The summed E-state index contributed by atoms with van der Waals surface area (Å²) in [6, 6.07) is 9.38. The van der Waals surface area contributed by atoms with Gasteiger partial charge in [0.25, 0.3) is 6.47 Å². The number of aromatic nitrogens is 2. The molecule has 0 aliphatic rings. The number of hydrogen-bond acceptors (Lipinski definition) is 7. The number of thioether (sulfide) groups is 1. The maximum absolute atomic E-state index is 10.2. The summed E-state index contributed by atoms with van der Waals surface area (Å²) in [4.78, 5) is 23.3. The van der Waals surface area contributed by atoms with Crippen LogP contribution in [0.4, 0.5) is 11.6 Å². The van der Waals surface area contributed by atoms with Crippen LogP contribution >= 0.6 is 11.8 Å². The van der Waals surface area contributed by atoms with E-state index in [0.29, 0.717) is 17.7 Å². The van der Waals surface area contributed by atoms with E-state index in [9.17, 15) is 4.79 Å². The summed E-state index contributed by atoms with van der Waals surface area (Å²) in [6.45, 7) is 4.93. The molecule has 2 aromatic rings. The van der Waals surface area contributed by atoms with Gasteiger partial charge in [-0.3, -0.25) is 9.79 Å². The van der Waals surface area contributed by atoms with Crippen LogP contribution in [-0.2, 0) is 16.1 Å². The number of rotatable bonds is 7. The lowest BCUT2D eigenvalue weighted by molar-refractivity contribution is -0.129. The highest BCUT2D eigenvalue weighted by Crippen LogP contribution is 2.19. The Morgan fingerprint density at radius 3 is 2.71 bits per heavy atom. The summed E-state index contributed by atoms with van der Waals surface area (Å²) >= 11 is 1.67. The van der Waals surface area contributed by atoms with Crippen LogP contribution in [0.1, 0.15) is 25.1 Å². The maximum Gasteiger partial charge on any atom is 0.293 e. The van der Waals surface area contributed by atoms with E-state index < -0.39 is 0 Å². The summed E-state index contributed by atoms with van der Waals surface area (Å²) in [6.07, 6.45) is 1.71. The monoisotopic (exact) mass is 344 g/mol. The van der Waals surface area contributed by atoms with Crippen molar-refractivity contribution in [3.63, 3.8) is 0 Å². The van der Waals surface area contributed by atoms with Gasteiger partial charge >= 0.3 is 0 Å². The molecule has 0 atom stereocenters. The molecule has 0 radical (unpaired) electrons. The number of nitrogens with zero attached hydrogens (tertiary/aromatic N) is 3. The molecule has 1 N–H and O–H groups in total. The van der Waals surface area contributed by atoms with Crippen molar-refractivity contribution in [3.05, 3.63) is 47.8 Å². The predicted octanol–water partition coefficient (Wildman–Crippen LogP) is 3.41. The Bertz CT molecular complexity index is 702. The number of anilines is 2. The van der Waals surface area contributed by atoms with E-state index in [0.717, 1.165) is 22.0 Å². The lowest BCUT2D eigenvalue weighted by Gasteiger charge is -2.10. The summed E-state index contributed by atoms with van der Waals surface area (Å²) in [7, 11) is 1.76. The second-order valence-corrected chi connectivity index (χ2v) is 6.76. The molecule has 2 rings (SSSR count). The minimum atomic E-state index is 0.262. The van der Waals surface area contributed by atoms with E-state index in [1.165, 1.54) is 0 Å². The van der Waals surface area contributed by atoms with Gasteiger partial charge in [-0.15, -0.1) is 11.8 Å². The van der Waals surface area contributed by atoms with Crippen molar-refractivity contribution < 1.29 is 9.53 Å². The number of ether oxygens (including phenoxy) is 1. The minimum Gasteiger partial charge on any atom is -0.463 e. The van der Waals surface area contributed by atoms with E-state index >= 15 is 0 Å². The Morgan fingerprint density at radius 1 is 1.33 bits per heavy atom. The van der Waals surface area contributed by atoms with Crippen LogP contribution in [0.5, 0.6) is 0 Å². The summed E-state index contributed by atoms with van der Waals surface area (Å²) in [5.74, 6) is 0.509. The number of hydrogen-bond donors (Lipinski definition) is 1. The number of benzene rings is 1. The first-order chi connectivity index (χ1) is 11.6. The van der Waals surface area contributed by atoms with Gasteiger partial charge < -0.3 is 10.1 Å². The Hall–Kier alpha value is -2.41. The number of carbonyl (C=O) groups is 1. The molecule has 0 aliphatic carbocycles. The van der Waals surface area contributed by atoms with Crippen molar-refractivity contribution in [2.24, 2.45) is 4.99 Å². The molecule has 0 saturated carbocycles. The highest BCUT2D eigenvalue weighted by atomic mass is 32.2. The zero-order chi connectivity index (χ0) is 17.4. The van der Waals surface area contributed by atoms with Crippen molar-refractivity contribution in [1.29, 1.82) is 0 Å². The number of carbonyl (C=O) groups excluding carboxylic acids is 1. The van der Waals surface area contributed by atoms with Crippen LogP contribution in [0.15, 0.2) is 41.5 Å². The van der Waals surface area contributed by atoms with Gasteiger partial charge in [0.15, 0.2) is 0 Å². The second kappa shape index (κ2) is 9.02. The first kappa shape index (κ1) is 17.9. The fraction of sp³-hybridized carbons (Fsp3) is 0.294. The molecule has 0 spiro atoms. The average Bonchev–Trinajstić information content (AvgIpc) is 2.59. The Morgan fingerprint density at radius 2 is 2.08 bits per heavy atom. The number of nitrogens with one attached hydrogen (secondary N) is 1. The number of aliphatic imine (C=N–C) groups is 1. The first-order valence-electron chi connectivity index (χ1n) is 7.50. The third kappa shape index (κ3) is 5.34. The molecule has 1 aromatic carbocycles. The van der Waals surface area contributed by atoms with Gasteiger partial charge in [-0.05, 0) is 23.8 Å². The molecule has 0 unspecified atom stereocenters. The zero-order valence-corrected chi connectivity index (χ0v) is 14.7. The van der Waals surface area contributed by atoms with E-state index in [2.05, 4.69) is 34.1 Å². The van der Waals surface area contributed by atoms with Gasteiger partial charge in [0.05, 0.1) is 0 Å². The first-order valence-corrected chi connectivity index (χ1v) is 8.38. The van der Waals surface area contributed by atoms with Gasteiger partial charge in [0, 0.05) is 24.2 Å². The van der Waals surface area contributed by atoms with Crippen LogP contribution < -0.4 is 5.32 Å². The van der Waals surface area contributed by atoms with Crippen LogP contribution in [0, 0.1) is 0 Å². The minimum absolute atomic E-state index is 0.262. The molecule has 24 heavy (non-hydrogen) atoms. The highest BCUT2D eigenvalue weighted by molar-refractivity contribution is 8.14. The van der Waals surface area contributed by atoms with Crippen molar-refractivity contribution in [3.8, 4) is 0 Å². The molecule has 1 heterocycles. The molecular formula is C17H20N4O2S. The Kier molecular flexibility index (Phi) is 6.74. The topological polar surface area (TPSA) is 76.5 Å². The molecule has 0 amide bonds. The van der Waals surface area contributed by atoms with Gasteiger partial charge in [-0.1, -0.05) is 26.0 Å². The summed E-state index contributed by atoms with van der Waals surface area (Å²) in [5.41, 5.74) is 2.56. The largest absolute Gasteiger partial charge is 0.463 e. The molecule has 0 saturated heterocycles.